The number of benzene rings is 1. The van der Waals surface area contributed by atoms with Crippen LogP contribution in [0.25, 0.3) is 20.9 Å². The standard InChI is InChI=1S/C16H24N6O6S/c1-14-2-4-16(5-3-14)29(23,24)28-11-9-26-7-6-25-8-10-27-15(12-19-21-17)13-20-22-18/h2-5,15H,6-13H2,1H3. The average molecular weight is 428 g/mol. The zero-order valence-electron chi connectivity index (χ0n) is 16.1. The van der Waals surface area contributed by atoms with Crippen LogP contribution in [-0.2, 0) is 28.5 Å². The maximum atomic E-state index is 12.0. The molecule has 0 aliphatic rings. The zero-order chi connectivity index (χ0) is 21.4. The van der Waals surface area contributed by atoms with Gasteiger partial charge in [-0.2, -0.15) is 8.42 Å². The first-order chi connectivity index (χ1) is 14.0. The van der Waals surface area contributed by atoms with Gasteiger partial charge in [0, 0.05) is 9.82 Å². The van der Waals surface area contributed by atoms with Crippen molar-refractivity contribution in [2.24, 2.45) is 10.2 Å². The normalized spacial score (nSPS) is 12.0. The summed E-state index contributed by atoms with van der Waals surface area (Å²) in [6.07, 6.45) is -0.505. The smallest absolute Gasteiger partial charge is 0.297 e. The first kappa shape index (κ1) is 24.7. The molecule has 0 bridgehead atoms. The molecule has 0 aliphatic carbocycles. The van der Waals surface area contributed by atoms with E-state index in [1.54, 1.807) is 12.1 Å². The largest absolute Gasteiger partial charge is 0.377 e. The molecule has 1 aromatic rings. The number of nitrogens with zero attached hydrogens (tertiary/aromatic N) is 6. The van der Waals surface area contributed by atoms with Gasteiger partial charge in [-0.15, -0.1) is 0 Å². The van der Waals surface area contributed by atoms with Crippen molar-refractivity contribution in [2.75, 3.05) is 52.7 Å². The van der Waals surface area contributed by atoms with Crippen molar-refractivity contribution in [3.05, 3.63) is 50.7 Å². The fourth-order valence-corrected chi connectivity index (χ4v) is 2.88. The molecule has 0 radical (unpaired) electrons. The molecule has 29 heavy (non-hydrogen) atoms. The summed E-state index contributed by atoms with van der Waals surface area (Å²) >= 11 is 0. The van der Waals surface area contributed by atoms with E-state index in [9.17, 15) is 8.42 Å². The van der Waals surface area contributed by atoms with Gasteiger partial charge < -0.3 is 14.2 Å². The van der Waals surface area contributed by atoms with E-state index >= 15 is 0 Å². The van der Waals surface area contributed by atoms with E-state index in [4.69, 9.17) is 29.5 Å². The van der Waals surface area contributed by atoms with Crippen molar-refractivity contribution in [3.63, 3.8) is 0 Å². The van der Waals surface area contributed by atoms with Gasteiger partial charge in [0.15, 0.2) is 0 Å². The minimum Gasteiger partial charge on any atom is -0.377 e. The summed E-state index contributed by atoms with van der Waals surface area (Å²) in [5.41, 5.74) is 17.6. The summed E-state index contributed by atoms with van der Waals surface area (Å²) in [5, 5.41) is 6.76. The maximum absolute atomic E-state index is 12.0. The number of ether oxygens (including phenoxy) is 3. The second-order valence-corrected chi connectivity index (χ2v) is 7.25. The molecule has 0 aliphatic heterocycles. The highest BCUT2D eigenvalue weighted by Crippen LogP contribution is 2.12. The van der Waals surface area contributed by atoms with Gasteiger partial charge in [-0.3, -0.25) is 4.18 Å². The molecule has 0 spiro atoms. The van der Waals surface area contributed by atoms with Crippen LogP contribution in [-0.4, -0.2) is 67.3 Å². The third-order valence-corrected chi connectivity index (χ3v) is 4.75. The van der Waals surface area contributed by atoms with Gasteiger partial charge in [0.05, 0.1) is 63.7 Å². The molecule has 1 aromatic carbocycles. The Kier molecular flexibility index (Phi) is 12.4. The number of hydrogen-bond donors (Lipinski definition) is 0. The molecule has 160 valence electrons. The Morgan fingerprint density at radius 2 is 1.41 bits per heavy atom. The van der Waals surface area contributed by atoms with Crippen molar-refractivity contribution in [1.82, 2.24) is 0 Å². The molecule has 0 N–H and O–H groups in total. The molecule has 0 saturated heterocycles. The van der Waals surface area contributed by atoms with E-state index < -0.39 is 16.2 Å². The Hall–Kier alpha value is -2.37. The van der Waals surface area contributed by atoms with Crippen LogP contribution >= 0.6 is 0 Å². The van der Waals surface area contributed by atoms with Crippen LogP contribution in [0, 0.1) is 6.92 Å². The third kappa shape index (κ3) is 11.3. The summed E-state index contributed by atoms with van der Waals surface area (Å²) < 4.78 is 44.8. The topological polar surface area (TPSA) is 169 Å². The number of rotatable bonds is 16. The average Bonchev–Trinajstić information content (AvgIpc) is 2.71. The molecular weight excluding hydrogens is 404 g/mol. The predicted molar refractivity (Wildman–Crippen MR) is 104 cm³/mol. The van der Waals surface area contributed by atoms with Crippen LogP contribution in [0.1, 0.15) is 5.56 Å². The molecule has 0 heterocycles. The Labute approximate surface area is 169 Å². The highest BCUT2D eigenvalue weighted by Gasteiger charge is 2.14. The highest BCUT2D eigenvalue weighted by molar-refractivity contribution is 7.86. The molecule has 0 saturated carbocycles. The summed E-state index contributed by atoms with van der Waals surface area (Å²) in [4.78, 5) is 5.36. The molecule has 12 nitrogen and oxygen atoms in total. The van der Waals surface area contributed by atoms with Crippen LogP contribution in [0.3, 0.4) is 0 Å². The number of azide groups is 2. The minimum absolute atomic E-state index is 0.0597. The Bertz CT molecular complexity index is 771. The Morgan fingerprint density at radius 1 is 0.897 bits per heavy atom. The lowest BCUT2D eigenvalue weighted by Crippen LogP contribution is -2.22. The van der Waals surface area contributed by atoms with Crippen molar-refractivity contribution in [1.29, 1.82) is 0 Å². The van der Waals surface area contributed by atoms with Gasteiger partial charge in [0.25, 0.3) is 10.1 Å². The summed E-state index contributed by atoms with van der Waals surface area (Å²) in [7, 11) is -3.79. The lowest BCUT2D eigenvalue weighted by molar-refractivity contribution is -0.00866. The number of hydrogen-bond acceptors (Lipinski definition) is 8. The summed E-state index contributed by atoms with van der Waals surface area (Å²) in [6, 6.07) is 6.38. The van der Waals surface area contributed by atoms with Gasteiger partial charge in [0.2, 0.25) is 0 Å². The van der Waals surface area contributed by atoms with Gasteiger partial charge in [0.1, 0.15) is 0 Å². The summed E-state index contributed by atoms with van der Waals surface area (Å²) in [6.45, 7) is 3.03. The molecule has 13 heteroatoms. The number of aryl methyl sites for hydroxylation is 1. The summed E-state index contributed by atoms with van der Waals surface area (Å²) in [5.74, 6) is 0. The second kappa shape index (κ2) is 14.6. The van der Waals surface area contributed by atoms with Gasteiger partial charge in [-0.25, -0.2) is 0 Å². The Balaban J connectivity index is 2.08. The van der Waals surface area contributed by atoms with Gasteiger partial charge in [-0.05, 0) is 30.1 Å². The van der Waals surface area contributed by atoms with Crippen molar-refractivity contribution in [2.45, 2.75) is 17.9 Å². The van der Waals surface area contributed by atoms with E-state index in [1.165, 1.54) is 12.1 Å². The fourth-order valence-electron chi connectivity index (χ4n) is 1.99. The molecule has 0 aromatic heterocycles. The highest BCUT2D eigenvalue weighted by atomic mass is 32.2. The molecule has 0 amide bonds. The van der Waals surface area contributed by atoms with E-state index in [2.05, 4.69) is 20.1 Å². The lowest BCUT2D eigenvalue weighted by atomic mass is 10.2. The SMILES string of the molecule is Cc1ccc(S(=O)(=O)OCCOCCOCCOC(CN=[N+]=[N-])CN=[N+]=[N-])cc1. The first-order valence-electron chi connectivity index (χ1n) is 8.74. The van der Waals surface area contributed by atoms with Crippen LogP contribution in [0.2, 0.25) is 0 Å². The van der Waals surface area contributed by atoms with Crippen molar-refractivity contribution >= 4 is 10.1 Å². The second-order valence-electron chi connectivity index (χ2n) is 5.63. The fraction of sp³-hybridized carbons (Fsp3) is 0.625. The van der Waals surface area contributed by atoms with Crippen molar-refractivity contribution < 1.29 is 26.8 Å². The molecule has 0 fully saturated rings. The van der Waals surface area contributed by atoms with Crippen LogP contribution in [0.15, 0.2) is 39.4 Å². The van der Waals surface area contributed by atoms with E-state index in [1.807, 2.05) is 6.92 Å². The van der Waals surface area contributed by atoms with E-state index in [-0.39, 0.29) is 57.6 Å². The molecular formula is C16H24N6O6S. The Morgan fingerprint density at radius 3 is 1.97 bits per heavy atom. The molecule has 0 atom stereocenters. The molecule has 0 unspecified atom stereocenters. The van der Waals surface area contributed by atoms with Gasteiger partial charge >= 0.3 is 0 Å². The predicted octanol–water partition coefficient (Wildman–Crippen LogP) is 2.74. The zero-order valence-corrected chi connectivity index (χ0v) is 16.9. The van der Waals surface area contributed by atoms with Gasteiger partial charge in [-0.1, -0.05) is 27.9 Å². The minimum atomic E-state index is -3.79. The monoisotopic (exact) mass is 428 g/mol. The van der Waals surface area contributed by atoms with Crippen LogP contribution in [0.5, 0.6) is 0 Å². The molecule has 1 rings (SSSR count). The third-order valence-electron chi connectivity index (χ3n) is 3.43. The van der Waals surface area contributed by atoms with E-state index in [0.717, 1.165) is 5.56 Å². The van der Waals surface area contributed by atoms with Crippen LogP contribution in [0.4, 0.5) is 0 Å². The van der Waals surface area contributed by atoms with Crippen molar-refractivity contribution in [3.8, 4) is 0 Å². The first-order valence-corrected chi connectivity index (χ1v) is 10.2. The lowest BCUT2D eigenvalue weighted by Gasteiger charge is -2.13. The van der Waals surface area contributed by atoms with E-state index in [0.29, 0.717) is 0 Å². The maximum Gasteiger partial charge on any atom is 0.297 e. The van der Waals surface area contributed by atoms with Crippen LogP contribution < -0.4 is 0 Å². The quantitative estimate of drug-likeness (QED) is 0.129.